The Balaban J connectivity index is 1.67. The molecule has 0 amide bonds. The van der Waals surface area contributed by atoms with Crippen molar-refractivity contribution >= 4 is 5.96 Å². The van der Waals surface area contributed by atoms with Crippen LogP contribution in [0.1, 0.15) is 23.1 Å². The maximum atomic E-state index is 13.1. The second-order valence-corrected chi connectivity index (χ2v) is 6.02. The molecule has 0 radical (unpaired) electrons. The summed E-state index contributed by atoms with van der Waals surface area (Å²) < 4.78 is 13.1. The molecule has 134 valence electrons. The number of rotatable bonds is 7. The van der Waals surface area contributed by atoms with Crippen LogP contribution in [-0.2, 0) is 12.8 Å². The largest absolute Gasteiger partial charge is 0.508 e. The number of benzene rings is 2. The van der Waals surface area contributed by atoms with Crippen molar-refractivity contribution in [2.45, 2.75) is 26.2 Å². The van der Waals surface area contributed by atoms with Crippen molar-refractivity contribution in [3.8, 4) is 5.75 Å². The van der Waals surface area contributed by atoms with E-state index in [-0.39, 0.29) is 5.82 Å². The van der Waals surface area contributed by atoms with Gasteiger partial charge in [0.15, 0.2) is 5.96 Å². The van der Waals surface area contributed by atoms with Gasteiger partial charge in [-0.15, -0.1) is 0 Å². The number of hydrogen-bond acceptors (Lipinski definition) is 2. The van der Waals surface area contributed by atoms with Crippen molar-refractivity contribution in [2.24, 2.45) is 4.99 Å². The third-order valence-corrected chi connectivity index (χ3v) is 4.09. The van der Waals surface area contributed by atoms with Crippen LogP contribution in [0.3, 0.4) is 0 Å². The second kappa shape index (κ2) is 9.67. The number of guanidine groups is 1. The molecule has 0 fully saturated rings. The molecule has 5 heteroatoms. The van der Waals surface area contributed by atoms with Crippen molar-refractivity contribution in [1.29, 1.82) is 0 Å². The van der Waals surface area contributed by atoms with Crippen LogP contribution in [0, 0.1) is 12.7 Å². The van der Waals surface area contributed by atoms with Gasteiger partial charge in [-0.3, -0.25) is 4.99 Å². The summed E-state index contributed by atoms with van der Waals surface area (Å²) in [4.78, 5) is 4.21. The Morgan fingerprint density at radius 2 is 1.76 bits per heavy atom. The summed E-state index contributed by atoms with van der Waals surface area (Å²) in [6.07, 6.45) is 2.74. The van der Waals surface area contributed by atoms with Gasteiger partial charge < -0.3 is 15.7 Å². The molecule has 0 saturated heterocycles. The summed E-state index contributed by atoms with van der Waals surface area (Å²) in [6, 6.07) is 12.2. The lowest BCUT2D eigenvalue weighted by molar-refractivity contribution is 0.475. The van der Waals surface area contributed by atoms with Crippen LogP contribution in [0.2, 0.25) is 0 Å². The van der Waals surface area contributed by atoms with E-state index in [2.05, 4.69) is 15.6 Å². The van der Waals surface area contributed by atoms with Crippen LogP contribution in [0.15, 0.2) is 47.5 Å². The minimum atomic E-state index is -0.194. The second-order valence-electron chi connectivity index (χ2n) is 6.02. The van der Waals surface area contributed by atoms with Gasteiger partial charge in [0.25, 0.3) is 0 Å². The minimum Gasteiger partial charge on any atom is -0.508 e. The standard InChI is InChI=1S/C20H26FN3O/c1-15-14-18(21)8-7-17(15)11-13-24-20(22-2)23-12-3-4-16-5-9-19(25)10-6-16/h5-10,14,25H,3-4,11-13H2,1-2H3,(H2,22,23,24). The molecule has 25 heavy (non-hydrogen) atoms. The van der Waals surface area contributed by atoms with Crippen molar-refractivity contribution in [1.82, 2.24) is 10.6 Å². The zero-order valence-electron chi connectivity index (χ0n) is 14.8. The third-order valence-electron chi connectivity index (χ3n) is 4.09. The highest BCUT2D eigenvalue weighted by Crippen LogP contribution is 2.11. The Hall–Kier alpha value is -2.56. The normalized spacial score (nSPS) is 11.4. The van der Waals surface area contributed by atoms with Crippen LogP contribution in [0.4, 0.5) is 4.39 Å². The number of hydrogen-bond donors (Lipinski definition) is 3. The van der Waals surface area contributed by atoms with Crippen LogP contribution >= 0.6 is 0 Å². The smallest absolute Gasteiger partial charge is 0.190 e. The maximum absolute atomic E-state index is 13.1. The quantitative estimate of drug-likeness (QED) is 0.411. The molecule has 0 aromatic heterocycles. The summed E-state index contributed by atoms with van der Waals surface area (Å²) in [5.41, 5.74) is 3.31. The Bertz CT molecular complexity index is 699. The molecule has 0 unspecified atom stereocenters. The highest BCUT2D eigenvalue weighted by Gasteiger charge is 2.02. The minimum absolute atomic E-state index is 0.194. The van der Waals surface area contributed by atoms with Crippen LogP contribution < -0.4 is 10.6 Å². The van der Waals surface area contributed by atoms with Gasteiger partial charge in [-0.2, -0.15) is 0 Å². The van der Waals surface area contributed by atoms with E-state index in [0.717, 1.165) is 49.4 Å². The van der Waals surface area contributed by atoms with E-state index in [1.54, 1.807) is 25.2 Å². The Morgan fingerprint density at radius 1 is 1.04 bits per heavy atom. The topological polar surface area (TPSA) is 56.7 Å². The zero-order valence-corrected chi connectivity index (χ0v) is 14.8. The van der Waals surface area contributed by atoms with Crippen LogP contribution in [0.5, 0.6) is 5.75 Å². The lowest BCUT2D eigenvalue weighted by Crippen LogP contribution is -2.38. The molecule has 0 spiro atoms. The molecule has 4 nitrogen and oxygen atoms in total. The van der Waals surface area contributed by atoms with E-state index in [1.165, 1.54) is 11.6 Å². The van der Waals surface area contributed by atoms with Gasteiger partial charge in [-0.1, -0.05) is 18.2 Å². The molecular formula is C20H26FN3O. The summed E-state index contributed by atoms with van der Waals surface area (Å²) in [5.74, 6) is 0.869. The summed E-state index contributed by atoms with van der Waals surface area (Å²) in [7, 11) is 1.75. The molecule has 2 aromatic carbocycles. The zero-order chi connectivity index (χ0) is 18.1. The fourth-order valence-corrected chi connectivity index (χ4v) is 2.64. The van der Waals surface area contributed by atoms with Gasteiger partial charge in [0.2, 0.25) is 0 Å². The van der Waals surface area contributed by atoms with Gasteiger partial charge in [0.1, 0.15) is 11.6 Å². The number of phenolic OH excluding ortho intramolecular Hbond substituents is 1. The highest BCUT2D eigenvalue weighted by molar-refractivity contribution is 5.79. The number of aliphatic imine (C=N–C) groups is 1. The first kappa shape index (κ1) is 18.8. The predicted octanol–water partition coefficient (Wildman–Crippen LogP) is 3.18. The first-order chi connectivity index (χ1) is 12.1. The SMILES string of the molecule is CN=C(NCCCc1ccc(O)cc1)NCCc1ccc(F)cc1C. The van der Waals surface area contributed by atoms with E-state index in [9.17, 15) is 9.50 Å². The summed E-state index contributed by atoms with van der Waals surface area (Å²) >= 11 is 0. The first-order valence-corrected chi connectivity index (χ1v) is 8.56. The van der Waals surface area contributed by atoms with Gasteiger partial charge in [0.05, 0.1) is 0 Å². The molecule has 0 saturated carbocycles. The fraction of sp³-hybridized carbons (Fsp3) is 0.350. The number of nitrogens with one attached hydrogen (secondary N) is 2. The molecule has 0 aliphatic rings. The van der Waals surface area contributed by atoms with Crippen LogP contribution in [0.25, 0.3) is 0 Å². The van der Waals surface area contributed by atoms with Crippen molar-refractivity contribution in [2.75, 3.05) is 20.1 Å². The first-order valence-electron chi connectivity index (χ1n) is 8.56. The molecule has 2 rings (SSSR count). The molecule has 0 aliphatic carbocycles. The molecule has 0 heterocycles. The number of phenols is 1. The van der Waals surface area contributed by atoms with Crippen molar-refractivity contribution < 1.29 is 9.50 Å². The Labute approximate surface area is 148 Å². The lowest BCUT2D eigenvalue weighted by Gasteiger charge is -2.12. The monoisotopic (exact) mass is 343 g/mol. The van der Waals surface area contributed by atoms with Gasteiger partial charge in [0, 0.05) is 20.1 Å². The molecule has 0 bridgehead atoms. The van der Waals surface area contributed by atoms with E-state index >= 15 is 0 Å². The van der Waals surface area contributed by atoms with Gasteiger partial charge in [-0.25, -0.2) is 4.39 Å². The number of halogens is 1. The third kappa shape index (κ3) is 6.45. The van der Waals surface area contributed by atoms with E-state index in [4.69, 9.17) is 0 Å². The van der Waals surface area contributed by atoms with E-state index in [1.807, 2.05) is 25.1 Å². The molecule has 0 atom stereocenters. The fourth-order valence-electron chi connectivity index (χ4n) is 2.64. The molecule has 2 aromatic rings. The lowest BCUT2D eigenvalue weighted by atomic mass is 10.1. The Morgan fingerprint density at radius 3 is 2.44 bits per heavy atom. The molecule has 0 aliphatic heterocycles. The van der Waals surface area contributed by atoms with Crippen LogP contribution in [-0.4, -0.2) is 31.2 Å². The average molecular weight is 343 g/mol. The van der Waals surface area contributed by atoms with E-state index in [0.29, 0.717) is 5.75 Å². The predicted molar refractivity (Wildman–Crippen MR) is 101 cm³/mol. The Kier molecular flexibility index (Phi) is 7.26. The molecular weight excluding hydrogens is 317 g/mol. The van der Waals surface area contributed by atoms with Gasteiger partial charge in [-0.05, 0) is 67.1 Å². The number of aromatic hydroxyl groups is 1. The van der Waals surface area contributed by atoms with Gasteiger partial charge >= 0.3 is 0 Å². The van der Waals surface area contributed by atoms with Crippen molar-refractivity contribution in [3.63, 3.8) is 0 Å². The summed E-state index contributed by atoms with van der Waals surface area (Å²) in [5, 5.41) is 15.8. The highest BCUT2D eigenvalue weighted by atomic mass is 19.1. The number of nitrogens with zero attached hydrogens (tertiary/aromatic N) is 1. The van der Waals surface area contributed by atoms with Crippen molar-refractivity contribution in [3.05, 3.63) is 65.0 Å². The average Bonchev–Trinajstić information content (AvgIpc) is 2.60. The molecule has 3 N–H and O–H groups in total. The van der Waals surface area contributed by atoms with E-state index < -0.39 is 0 Å². The number of aryl methyl sites for hydroxylation is 2. The summed E-state index contributed by atoms with van der Waals surface area (Å²) in [6.45, 7) is 3.48. The maximum Gasteiger partial charge on any atom is 0.190 e.